The summed E-state index contributed by atoms with van der Waals surface area (Å²) in [5, 5.41) is 3.06. The van der Waals surface area contributed by atoms with Crippen molar-refractivity contribution in [3.05, 3.63) is 22.2 Å². The van der Waals surface area contributed by atoms with Gasteiger partial charge in [0.05, 0.1) is 17.7 Å². The Bertz CT molecular complexity index is 463. The molecule has 1 aromatic carbocycles. The third-order valence-electron chi connectivity index (χ3n) is 2.37. The van der Waals surface area contributed by atoms with Crippen LogP contribution < -0.4 is 14.8 Å². The zero-order valence-corrected chi connectivity index (χ0v) is 13.7. The van der Waals surface area contributed by atoms with E-state index in [0.29, 0.717) is 18.0 Å². The normalized spacial score (nSPS) is 10.5. The van der Waals surface area contributed by atoms with Crippen LogP contribution in [0.3, 0.4) is 0 Å². The highest BCUT2D eigenvalue weighted by Gasteiger charge is 2.14. The van der Waals surface area contributed by atoms with Gasteiger partial charge in [0.15, 0.2) is 18.1 Å². The number of rotatable bonds is 7. The molecule has 0 aliphatic heterocycles. The monoisotopic (exact) mass is 345 g/mol. The maximum Gasteiger partial charge on any atom is 0.344 e. The first-order valence-electron chi connectivity index (χ1n) is 6.31. The van der Waals surface area contributed by atoms with Gasteiger partial charge < -0.3 is 19.5 Å². The molecule has 1 rings (SSSR count). The van der Waals surface area contributed by atoms with E-state index in [4.69, 9.17) is 14.2 Å². The summed E-state index contributed by atoms with van der Waals surface area (Å²) in [6.07, 6.45) is -0.158. The Balaban J connectivity index is 2.81. The van der Waals surface area contributed by atoms with Gasteiger partial charge >= 0.3 is 5.97 Å². The van der Waals surface area contributed by atoms with Crippen LogP contribution in [0.15, 0.2) is 16.6 Å². The Morgan fingerprint density at radius 3 is 2.65 bits per heavy atom. The van der Waals surface area contributed by atoms with E-state index in [1.54, 1.807) is 21.0 Å². The van der Waals surface area contributed by atoms with Gasteiger partial charge in [-0.05, 0) is 54.5 Å². The number of hydrogen-bond acceptors (Lipinski definition) is 5. The lowest BCUT2D eigenvalue weighted by Gasteiger charge is -2.14. The van der Waals surface area contributed by atoms with Gasteiger partial charge in [-0.2, -0.15) is 0 Å². The largest absolute Gasteiger partial charge is 0.493 e. The summed E-state index contributed by atoms with van der Waals surface area (Å²) in [7, 11) is 3.43. The van der Waals surface area contributed by atoms with Gasteiger partial charge in [0.2, 0.25) is 0 Å². The van der Waals surface area contributed by atoms with Crippen LogP contribution >= 0.6 is 15.9 Å². The van der Waals surface area contributed by atoms with Gasteiger partial charge in [-0.15, -0.1) is 0 Å². The molecule has 0 amide bonds. The van der Waals surface area contributed by atoms with Crippen LogP contribution in [0, 0.1) is 0 Å². The molecule has 1 N–H and O–H groups in total. The zero-order valence-electron chi connectivity index (χ0n) is 12.2. The molecular formula is C14H20BrNO4. The Labute approximate surface area is 127 Å². The molecule has 0 saturated heterocycles. The van der Waals surface area contributed by atoms with Crippen molar-refractivity contribution >= 4 is 21.9 Å². The topological polar surface area (TPSA) is 56.8 Å². The lowest BCUT2D eigenvalue weighted by atomic mass is 10.2. The van der Waals surface area contributed by atoms with Crippen LogP contribution in [0.5, 0.6) is 11.5 Å². The van der Waals surface area contributed by atoms with Crippen LogP contribution in [0.2, 0.25) is 0 Å². The van der Waals surface area contributed by atoms with E-state index < -0.39 is 5.97 Å². The van der Waals surface area contributed by atoms with E-state index in [0.717, 1.165) is 10.0 Å². The van der Waals surface area contributed by atoms with Crippen LogP contribution in [-0.4, -0.2) is 32.8 Å². The minimum atomic E-state index is -0.409. The summed E-state index contributed by atoms with van der Waals surface area (Å²) in [6.45, 7) is 4.14. The molecule has 0 atom stereocenters. The first-order chi connectivity index (χ1) is 9.47. The molecule has 0 fully saturated rings. The van der Waals surface area contributed by atoms with Gasteiger partial charge in [0.25, 0.3) is 0 Å². The number of carbonyl (C=O) groups is 1. The molecule has 0 aromatic heterocycles. The molecule has 0 bridgehead atoms. The van der Waals surface area contributed by atoms with Gasteiger partial charge in [-0.3, -0.25) is 0 Å². The fourth-order valence-corrected chi connectivity index (χ4v) is 2.25. The average molecular weight is 346 g/mol. The molecule has 0 aliphatic carbocycles. The summed E-state index contributed by atoms with van der Waals surface area (Å²) in [5.74, 6) is 0.656. The van der Waals surface area contributed by atoms with E-state index in [9.17, 15) is 4.79 Å². The fraction of sp³-hybridized carbons (Fsp3) is 0.500. The summed E-state index contributed by atoms with van der Waals surface area (Å²) in [5.41, 5.74) is 1.05. The number of esters is 1. The van der Waals surface area contributed by atoms with E-state index in [-0.39, 0.29) is 12.7 Å². The summed E-state index contributed by atoms with van der Waals surface area (Å²) >= 11 is 3.42. The summed E-state index contributed by atoms with van der Waals surface area (Å²) < 4.78 is 16.5. The van der Waals surface area contributed by atoms with Crippen molar-refractivity contribution in [1.29, 1.82) is 0 Å². The maximum atomic E-state index is 11.5. The second-order valence-electron chi connectivity index (χ2n) is 4.47. The lowest BCUT2D eigenvalue weighted by molar-refractivity contribution is -0.149. The van der Waals surface area contributed by atoms with Crippen LogP contribution in [0.4, 0.5) is 0 Å². The third-order valence-corrected chi connectivity index (χ3v) is 2.96. The number of methoxy groups -OCH3 is 1. The number of hydrogen-bond donors (Lipinski definition) is 1. The molecule has 112 valence electrons. The third kappa shape index (κ3) is 5.02. The van der Waals surface area contributed by atoms with Gasteiger partial charge in [-0.1, -0.05) is 0 Å². The van der Waals surface area contributed by atoms with E-state index >= 15 is 0 Å². The molecule has 0 radical (unpaired) electrons. The van der Waals surface area contributed by atoms with Crippen molar-refractivity contribution in [2.75, 3.05) is 20.8 Å². The quantitative estimate of drug-likeness (QED) is 0.769. The van der Waals surface area contributed by atoms with Gasteiger partial charge in [0.1, 0.15) is 0 Å². The van der Waals surface area contributed by atoms with Crippen LogP contribution in [-0.2, 0) is 16.1 Å². The van der Waals surface area contributed by atoms with Crippen molar-refractivity contribution in [3.63, 3.8) is 0 Å². The standard InChI is InChI=1S/C14H20BrNO4/c1-9(2)20-13(17)8-19-14-11(15)5-10(7-16-3)6-12(14)18-4/h5-6,9,16H,7-8H2,1-4H3. The predicted molar refractivity (Wildman–Crippen MR) is 80.2 cm³/mol. The number of benzene rings is 1. The van der Waals surface area contributed by atoms with Crippen molar-refractivity contribution < 1.29 is 19.0 Å². The number of halogens is 1. The highest BCUT2D eigenvalue weighted by molar-refractivity contribution is 9.10. The molecule has 0 aliphatic rings. The van der Waals surface area contributed by atoms with Crippen LogP contribution in [0.25, 0.3) is 0 Å². The summed E-state index contributed by atoms with van der Waals surface area (Å²) in [4.78, 5) is 11.5. The molecule has 0 unspecified atom stereocenters. The molecule has 6 heteroatoms. The number of ether oxygens (including phenoxy) is 3. The fourth-order valence-electron chi connectivity index (χ4n) is 1.65. The Kier molecular flexibility index (Phi) is 6.81. The van der Waals surface area contributed by atoms with Crippen LogP contribution in [0.1, 0.15) is 19.4 Å². The summed E-state index contributed by atoms with van der Waals surface area (Å²) in [6, 6.07) is 3.78. The molecule has 0 heterocycles. The second kappa shape index (κ2) is 8.11. The highest BCUT2D eigenvalue weighted by Crippen LogP contribution is 2.36. The van der Waals surface area contributed by atoms with Gasteiger partial charge in [0, 0.05) is 6.54 Å². The van der Waals surface area contributed by atoms with Crippen molar-refractivity contribution in [2.45, 2.75) is 26.5 Å². The number of nitrogens with one attached hydrogen (secondary N) is 1. The van der Waals surface area contributed by atoms with Gasteiger partial charge in [-0.25, -0.2) is 4.79 Å². The van der Waals surface area contributed by atoms with Crippen molar-refractivity contribution in [1.82, 2.24) is 5.32 Å². The van der Waals surface area contributed by atoms with E-state index in [1.165, 1.54) is 0 Å². The second-order valence-corrected chi connectivity index (χ2v) is 5.32. The van der Waals surface area contributed by atoms with E-state index in [1.807, 2.05) is 19.2 Å². The van der Waals surface area contributed by atoms with Crippen molar-refractivity contribution in [3.8, 4) is 11.5 Å². The first kappa shape index (κ1) is 16.8. The lowest BCUT2D eigenvalue weighted by Crippen LogP contribution is -2.19. The molecule has 1 aromatic rings. The molecular weight excluding hydrogens is 326 g/mol. The minimum absolute atomic E-state index is 0.154. The minimum Gasteiger partial charge on any atom is -0.493 e. The molecule has 0 saturated carbocycles. The van der Waals surface area contributed by atoms with Crippen molar-refractivity contribution in [2.24, 2.45) is 0 Å². The molecule has 5 nitrogen and oxygen atoms in total. The Morgan fingerprint density at radius 2 is 2.10 bits per heavy atom. The van der Waals surface area contributed by atoms with E-state index in [2.05, 4.69) is 21.2 Å². The predicted octanol–water partition coefficient (Wildman–Crippen LogP) is 2.51. The molecule has 20 heavy (non-hydrogen) atoms. The average Bonchev–Trinajstić information content (AvgIpc) is 2.36. The first-order valence-corrected chi connectivity index (χ1v) is 7.10. The highest BCUT2D eigenvalue weighted by atomic mass is 79.9. The smallest absolute Gasteiger partial charge is 0.344 e. The maximum absolute atomic E-state index is 11.5. The zero-order chi connectivity index (χ0) is 15.1. The Hall–Kier alpha value is -1.27. The SMILES string of the molecule is CNCc1cc(Br)c(OCC(=O)OC(C)C)c(OC)c1. The number of carbonyl (C=O) groups excluding carboxylic acids is 1. The Morgan fingerprint density at radius 1 is 1.40 bits per heavy atom. The molecule has 0 spiro atoms.